The van der Waals surface area contributed by atoms with E-state index >= 15 is 0 Å². The summed E-state index contributed by atoms with van der Waals surface area (Å²) >= 11 is 5.96. The van der Waals surface area contributed by atoms with Crippen LogP contribution in [-0.2, 0) is 4.79 Å². The number of benzene rings is 2. The first-order valence-electron chi connectivity index (χ1n) is 6.88. The van der Waals surface area contributed by atoms with Crippen LogP contribution in [-0.4, -0.2) is 23.2 Å². The summed E-state index contributed by atoms with van der Waals surface area (Å²) in [5.41, 5.74) is 0.179. The minimum absolute atomic E-state index is 0.0124. The lowest BCUT2D eigenvalue weighted by Crippen LogP contribution is -2.30. The zero-order chi connectivity index (χ0) is 17.7. The molecule has 0 spiro atoms. The van der Waals surface area contributed by atoms with Crippen molar-refractivity contribution >= 4 is 35.2 Å². The third-order valence-corrected chi connectivity index (χ3v) is 3.47. The van der Waals surface area contributed by atoms with Crippen LogP contribution < -0.4 is 10.1 Å². The molecule has 0 saturated heterocycles. The summed E-state index contributed by atoms with van der Waals surface area (Å²) in [6, 6.07) is 10.3. The number of nitrogens with zero attached hydrogens (tertiary/aromatic N) is 1. The average Bonchev–Trinajstić information content (AvgIpc) is 2.56. The number of para-hydroxylation sites is 1. The predicted octanol–water partition coefficient (Wildman–Crippen LogP) is 3.47. The second-order valence-corrected chi connectivity index (χ2v) is 5.23. The van der Waals surface area contributed by atoms with Gasteiger partial charge in [-0.1, -0.05) is 23.7 Å². The Morgan fingerprint density at radius 2 is 2.04 bits per heavy atom. The fraction of sp³-hybridized carbons (Fsp3) is 0.125. The molecule has 2 aromatic rings. The second kappa shape index (κ2) is 7.56. The van der Waals surface area contributed by atoms with E-state index in [-0.39, 0.29) is 17.0 Å². The number of nitrogens with one attached hydrogen (secondary N) is 1. The molecular weight excluding hydrogens is 336 g/mol. The monoisotopic (exact) mass is 348 g/mol. The quantitative estimate of drug-likeness (QED) is 0.489. The number of rotatable bonds is 6. The predicted molar refractivity (Wildman–Crippen MR) is 88.7 cm³/mol. The van der Waals surface area contributed by atoms with E-state index in [1.54, 1.807) is 24.3 Å². The normalized spacial score (nSPS) is 11.4. The Kier molecular flexibility index (Phi) is 5.49. The van der Waals surface area contributed by atoms with Crippen LogP contribution in [0.15, 0.2) is 42.5 Å². The third-order valence-electron chi connectivity index (χ3n) is 3.14. The molecule has 8 heteroatoms. The Labute approximate surface area is 142 Å². The van der Waals surface area contributed by atoms with Crippen molar-refractivity contribution in [2.24, 2.45) is 0 Å². The van der Waals surface area contributed by atoms with Crippen LogP contribution in [0.25, 0.3) is 0 Å². The van der Waals surface area contributed by atoms with E-state index in [0.29, 0.717) is 17.0 Å². The molecule has 0 unspecified atom stereocenters. The number of ether oxygens (including phenoxy) is 1. The van der Waals surface area contributed by atoms with E-state index in [0.717, 1.165) is 6.07 Å². The van der Waals surface area contributed by atoms with Crippen LogP contribution >= 0.6 is 11.6 Å². The average molecular weight is 349 g/mol. The summed E-state index contributed by atoms with van der Waals surface area (Å²) in [7, 11) is 0. The summed E-state index contributed by atoms with van der Waals surface area (Å²) in [5.74, 6) is -0.393. The van der Waals surface area contributed by atoms with Gasteiger partial charge in [0.1, 0.15) is 5.75 Å². The fourth-order valence-corrected chi connectivity index (χ4v) is 2.07. The summed E-state index contributed by atoms with van der Waals surface area (Å²) < 4.78 is 5.44. The van der Waals surface area contributed by atoms with Crippen molar-refractivity contribution in [3.63, 3.8) is 0 Å². The summed E-state index contributed by atoms with van der Waals surface area (Å²) in [5, 5.41) is 13.7. The van der Waals surface area contributed by atoms with Gasteiger partial charge in [-0.15, -0.1) is 0 Å². The number of nitro benzene ring substituents is 1. The zero-order valence-electron chi connectivity index (χ0n) is 12.6. The molecule has 0 saturated carbocycles. The lowest BCUT2D eigenvalue weighted by molar-refractivity contribution is -0.384. The molecule has 24 heavy (non-hydrogen) atoms. The van der Waals surface area contributed by atoms with Crippen molar-refractivity contribution in [2.75, 3.05) is 5.32 Å². The van der Waals surface area contributed by atoms with Crippen LogP contribution in [0.3, 0.4) is 0 Å². The fourth-order valence-electron chi connectivity index (χ4n) is 1.89. The largest absolute Gasteiger partial charge is 0.480 e. The maximum atomic E-state index is 12.2. The molecule has 2 aromatic carbocycles. The van der Waals surface area contributed by atoms with E-state index in [2.05, 4.69) is 5.32 Å². The van der Waals surface area contributed by atoms with Gasteiger partial charge >= 0.3 is 0 Å². The molecule has 0 aliphatic heterocycles. The minimum atomic E-state index is -0.943. The Hall–Kier alpha value is -2.93. The molecule has 1 amide bonds. The minimum Gasteiger partial charge on any atom is -0.480 e. The molecule has 0 aliphatic rings. The molecule has 1 atom stereocenters. The molecule has 0 aliphatic carbocycles. The van der Waals surface area contributed by atoms with Crippen molar-refractivity contribution in [3.05, 3.63) is 63.2 Å². The zero-order valence-corrected chi connectivity index (χ0v) is 13.3. The number of non-ortho nitro benzene ring substituents is 1. The van der Waals surface area contributed by atoms with Gasteiger partial charge in [-0.25, -0.2) is 0 Å². The van der Waals surface area contributed by atoms with Crippen LogP contribution in [0.5, 0.6) is 5.75 Å². The molecule has 124 valence electrons. The highest BCUT2D eigenvalue weighted by atomic mass is 35.5. The molecule has 0 fully saturated rings. The SMILES string of the molecule is C[C@@H](Oc1ccc([N+](=O)[O-])cc1C=O)C(=O)Nc1ccccc1Cl. The van der Waals surface area contributed by atoms with Crippen LogP contribution in [0.4, 0.5) is 11.4 Å². The smallest absolute Gasteiger partial charge is 0.270 e. The maximum Gasteiger partial charge on any atom is 0.270 e. The van der Waals surface area contributed by atoms with E-state index in [1.165, 1.54) is 19.1 Å². The van der Waals surface area contributed by atoms with Gasteiger partial charge < -0.3 is 10.1 Å². The number of hydrogen-bond acceptors (Lipinski definition) is 5. The molecule has 7 nitrogen and oxygen atoms in total. The second-order valence-electron chi connectivity index (χ2n) is 4.83. The van der Waals surface area contributed by atoms with Gasteiger partial charge in [0.25, 0.3) is 11.6 Å². The van der Waals surface area contributed by atoms with Gasteiger partial charge in [-0.05, 0) is 25.1 Å². The number of carbonyl (C=O) groups excluding carboxylic acids is 2. The Bertz CT molecular complexity index is 794. The Morgan fingerprint density at radius 1 is 1.33 bits per heavy atom. The van der Waals surface area contributed by atoms with E-state index in [1.807, 2.05) is 0 Å². The summed E-state index contributed by atoms with van der Waals surface area (Å²) in [4.78, 5) is 33.3. The highest BCUT2D eigenvalue weighted by molar-refractivity contribution is 6.33. The first-order valence-corrected chi connectivity index (χ1v) is 7.26. The van der Waals surface area contributed by atoms with Crippen molar-refractivity contribution in [3.8, 4) is 5.75 Å². The van der Waals surface area contributed by atoms with Gasteiger partial charge in [-0.2, -0.15) is 0 Å². The topological polar surface area (TPSA) is 98.5 Å². The molecular formula is C16H13ClN2O5. The molecule has 2 rings (SSSR count). The summed E-state index contributed by atoms with van der Waals surface area (Å²) in [6.45, 7) is 1.49. The number of aldehydes is 1. The van der Waals surface area contributed by atoms with Crippen molar-refractivity contribution in [1.29, 1.82) is 0 Å². The Morgan fingerprint density at radius 3 is 2.67 bits per heavy atom. The number of amides is 1. The maximum absolute atomic E-state index is 12.2. The highest BCUT2D eigenvalue weighted by Gasteiger charge is 2.19. The van der Waals surface area contributed by atoms with Crippen molar-refractivity contribution in [1.82, 2.24) is 0 Å². The van der Waals surface area contributed by atoms with Crippen molar-refractivity contribution in [2.45, 2.75) is 13.0 Å². The Balaban J connectivity index is 2.12. The number of carbonyl (C=O) groups is 2. The van der Waals surface area contributed by atoms with Crippen LogP contribution in [0.2, 0.25) is 5.02 Å². The first kappa shape index (κ1) is 17.4. The number of anilines is 1. The van der Waals surface area contributed by atoms with E-state index in [9.17, 15) is 19.7 Å². The van der Waals surface area contributed by atoms with E-state index < -0.39 is 16.9 Å². The van der Waals surface area contributed by atoms with Crippen LogP contribution in [0.1, 0.15) is 17.3 Å². The first-order chi connectivity index (χ1) is 11.4. The highest BCUT2D eigenvalue weighted by Crippen LogP contribution is 2.25. The molecule has 1 N–H and O–H groups in total. The van der Waals surface area contributed by atoms with Crippen molar-refractivity contribution < 1.29 is 19.2 Å². The number of halogens is 1. The van der Waals surface area contributed by atoms with Gasteiger partial charge in [0.05, 0.1) is 21.2 Å². The molecule has 0 radical (unpaired) electrons. The molecule has 0 bridgehead atoms. The number of hydrogen-bond donors (Lipinski definition) is 1. The van der Waals surface area contributed by atoms with Gasteiger partial charge in [0.2, 0.25) is 0 Å². The third kappa shape index (κ3) is 4.08. The van der Waals surface area contributed by atoms with Gasteiger partial charge in [0, 0.05) is 12.1 Å². The lowest BCUT2D eigenvalue weighted by Gasteiger charge is -2.16. The van der Waals surface area contributed by atoms with Crippen LogP contribution in [0, 0.1) is 10.1 Å². The summed E-state index contributed by atoms with van der Waals surface area (Å²) in [6.07, 6.45) is -0.512. The lowest BCUT2D eigenvalue weighted by atomic mass is 10.2. The van der Waals surface area contributed by atoms with Gasteiger partial charge in [0.15, 0.2) is 12.4 Å². The number of nitro groups is 1. The van der Waals surface area contributed by atoms with Gasteiger partial charge in [-0.3, -0.25) is 19.7 Å². The molecule has 0 heterocycles. The van der Waals surface area contributed by atoms with E-state index in [4.69, 9.17) is 16.3 Å². The molecule has 0 aromatic heterocycles. The standard InChI is InChI=1S/C16H13ClN2O5/c1-10(16(21)18-14-5-3-2-4-13(14)17)24-15-7-6-12(19(22)23)8-11(15)9-20/h2-10H,1H3,(H,18,21)/t10-/m1/s1.